The SMILES string of the molecule is OC1CCC(C2CCC2)C1. The molecule has 0 aromatic rings. The maximum absolute atomic E-state index is 9.27. The molecule has 1 N–H and O–H groups in total. The first-order valence-electron chi connectivity index (χ1n) is 4.54. The molecule has 2 aliphatic carbocycles. The lowest BCUT2D eigenvalue weighted by molar-refractivity contribution is 0.152. The predicted octanol–water partition coefficient (Wildman–Crippen LogP) is 1.95. The fraction of sp³-hybridized carbons (Fsp3) is 1.00. The second-order valence-corrected chi connectivity index (χ2v) is 3.92. The third-order valence-electron chi connectivity index (χ3n) is 3.26. The van der Waals surface area contributed by atoms with E-state index in [1.165, 1.54) is 25.7 Å². The van der Waals surface area contributed by atoms with Gasteiger partial charge < -0.3 is 5.11 Å². The van der Waals surface area contributed by atoms with Crippen molar-refractivity contribution >= 4 is 0 Å². The monoisotopic (exact) mass is 140 g/mol. The van der Waals surface area contributed by atoms with Gasteiger partial charge >= 0.3 is 0 Å². The number of hydrogen-bond acceptors (Lipinski definition) is 1. The van der Waals surface area contributed by atoms with Crippen LogP contribution in [0.2, 0.25) is 0 Å². The molecule has 0 heterocycles. The molecule has 2 saturated carbocycles. The zero-order chi connectivity index (χ0) is 6.97. The van der Waals surface area contributed by atoms with E-state index in [2.05, 4.69) is 0 Å². The lowest BCUT2D eigenvalue weighted by atomic mass is 9.75. The molecular weight excluding hydrogens is 124 g/mol. The third-order valence-corrected chi connectivity index (χ3v) is 3.26. The highest BCUT2D eigenvalue weighted by Crippen LogP contribution is 2.41. The van der Waals surface area contributed by atoms with Gasteiger partial charge in [0.1, 0.15) is 0 Å². The minimum atomic E-state index is 0.0469. The summed E-state index contributed by atoms with van der Waals surface area (Å²) < 4.78 is 0. The van der Waals surface area contributed by atoms with Gasteiger partial charge in [0.25, 0.3) is 0 Å². The van der Waals surface area contributed by atoms with Gasteiger partial charge in [-0.25, -0.2) is 0 Å². The molecule has 0 aromatic carbocycles. The maximum Gasteiger partial charge on any atom is 0.0543 e. The second-order valence-electron chi connectivity index (χ2n) is 3.92. The van der Waals surface area contributed by atoms with Crippen LogP contribution in [-0.2, 0) is 0 Å². The standard InChI is InChI=1S/C9H16O/c10-9-5-4-8(6-9)7-2-1-3-7/h7-10H,1-6H2. The smallest absolute Gasteiger partial charge is 0.0543 e. The lowest BCUT2D eigenvalue weighted by Crippen LogP contribution is -2.20. The Kier molecular flexibility index (Phi) is 1.69. The molecule has 1 heteroatoms. The molecule has 0 aliphatic heterocycles. The zero-order valence-electron chi connectivity index (χ0n) is 6.42. The van der Waals surface area contributed by atoms with Crippen LogP contribution in [0.5, 0.6) is 0 Å². The molecule has 2 aliphatic rings. The first kappa shape index (κ1) is 6.66. The van der Waals surface area contributed by atoms with Crippen molar-refractivity contribution in [3.8, 4) is 0 Å². The summed E-state index contributed by atoms with van der Waals surface area (Å²) in [5.74, 6) is 1.89. The van der Waals surface area contributed by atoms with Gasteiger partial charge in [-0.3, -0.25) is 0 Å². The van der Waals surface area contributed by atoms with Crippen LogP contribution in [0.15, 0.2) is 0 Å². The summed E-state index contributed by atoms with van der Waals surface area (Å²) in [5, 5.41) is 9.27. The highest BCUT2D eigenvalue weighted by Gasteiger charge is 2.32. The molecular formula is C9H16O. The summed E-state index contributed by atoms with van der Waals surface area (Å²) in [6.07, 6.45) is 7.84. The summed E-state index contributed by atoms with van der Waals surface area (Å²) in [6, 6.07) is 0. The molecule has 58 valence electrons. The van der Waals surface area contributed by atoms with Gasteiger partial charge in [-0.1, -0.05) is 19.3 Å². The zero-order valence-corrected chi connectivity index (χ0v) is 6.42. The van der Waals surface area contributed by atoms with Crippen molar-refractivity contribution in [1.82, 2.24) is 0 Å². The van der Waals surface area contributed by atoms with E-state index < -0.39 is 0 Å². The molecule has 0 amide bonds. The maximum atomic E-state index is 9.27. The van der Waals surface area contributed by atoms with Crippen LogP contribution in [0.4, 0.5) is 0 Å². The Morgan fingerprint density at radius 3 is 2.10 bits per heavy atom. The highest BCUT2D eigenvalue weighted by atomic mass is 16.3. The quantitative estimate of drug-likeness (QED) is 0.590. The number of aliphatic hydroxyl groups excluding tert-OH is 1. The third kappa shape index (κ3) is 1.07. The second kappa shape index (κ2) is 2.54. The van der Waals surface area contributed by atoms with E-state index >= 15 is 0 Å². The van der Waals surface area contributed by atoms with Gasteiger partial charge in [0, 0.05) is 0 Å². The Morgan fingerprint density at radius 2 is 1.70 bits per heavy atom. The van der Waals surface area contributed by atoms with Crippen LogP contribution < -0.4 is 0 Å². The summed E-state index contributed by atoms with van der Waals surface area (Å²) >= 11 is 0. The highest BCUT2D eigenvalue weighted by molar-refractivity contribution is 4.84. The average Bonchev–Trinajstić information content (AvgIpc) is 2.10. The molecule has 2 rings (SSSR count). The van der Waals surface area contributed by atoms with Crippen molar-refractivity contribution in [3.05, 3.63) is 0 Å². The van der Waals surface area contributed by atoms with Crippen LogP contribution in [-0.4, -0.2) is 11.2 Å². The van der Waals surface area contributed by atoms with E-state index in [9.17, 15) is 5.11 Å². The van der Waals surface area contributed by atoms with Crippen LogP contribution in [0.25, 0.3) is 0 Å². The number of rotatable bonds is 1. The molecule has 0 bridgehead atoms. The first-order chi connectivity index (χ1) is 4.86. The Hall–Kier alpha value is -0.0400. The van der Waals surface area contributed by atoms with Crippen LogP contribution in [0, 0.1) is 11.8 Å². The topological polar surface area (TPSA) is 20.2 Å². The Balaban J connectivity index is 1.82. The van der Waals surface area contributed by atoms with Crippen LogP contribution in [0.3, 0.4) is 0 Å². The van der Waals surface area contributed by atoms with E-state index in [0.29, 0.717) is 0 Å². The van der Waals surface area contributed by atoms with E-state index in [0.717, 1.165) is 24.7 Å². The minimum absolute atomic E-state index is 0.0469. The van der Waals surface area contributed by atoms with Crippen molar-refractivity contribution in [3.63, 3.8) is 0 Å². The molecule has 2 fully saturated rings. The molecule has 0 saturated heterocycles. The van der Waals surface area contributed by atoms with Crippen molar-refractivity contribution < 1.29 is 5.11 Å². The van der Waals surface area contributed by atoms with Gasteiger partial charge in [0.15, 0.2) is 0 Å². The van der Waals surface area contributed by atoms with Gasteiger partial charge in [0.2, 0.25) is 0 Å². The van der Waals surface area contributed by atoms with Gasteiger partial charge in [0.05, 0.1) is 6.10 Å². The van der Waals surface area contributed by atoms with E-state index in [1.807, 2.05) is 0 Å². The molecule has 2 atom stereocenters. The van der Waals surface area contributed by atoms with Crippen molar-refractivity contribution in [2.24, 2.45) is 11.8 Å². The van der Waals surface area contributed by atoms with Gasteiger partial charge in [-0.15, -0.1) is 0 Å². The van der Waals surface area contributed by atoms with Crippen LogP contribution in [0.1, 0.15) is 38.5 Å². The Morgan fingerprint density at radius 1 is 0.900 bits per heavy atom. The Labute approximate surface area is 62.4 Å². The molecule has 1 nitrogen and oxygen atoms in total. The van der Waals surface area contributed by atoms with Crippen LogP contribution >= 0.6 is 0 Å². The first-order valence-corrected chi connectivity index (χ1v) is 4.54. The molecule has 10 heavy (non-hydrogen) atoms. The van der Waals surface area contributed by atoms with Crippen molar-refractivity contribution in [1.29, 1.82) is 0 Å². The number of aliphatic hydroxyl groups is 1. The molecule has 2 unspecified atom stereocenters. The normalized spacial score (nSPS) is 41.7. The Bertz CT molecular complexity index is 118. The molecule has 0 spiro atoms. The lowest BCUT2D eigenvalue weighted by Gasteiger charge is -2.31. The average molecular weight is 140 g/mol. The fourth-order valence-corrected chi connectivity index (χ4v) is 2.33. The number of hydrogen-bond donors (Lipinski definition) is 1. The molecule has 0 radical (unpaired) electrons. The summed E-state index contributed by atoms with van der Waals surface area (Å²) in [6.45, 7) is 0. The van der Waals surface area contributed by atoms with Gasteiger partial charge in [-0.05, 0) is 31.1 Å². The minimum Gasteiger partial charge on any atom is -0.393 e. The van der Waals surface area contributed by atoms with Crippen molar-refractivity contribution in [2.45, 2.75) is 44.6 Å². The summed E-state index contributed by atoms with van der Waals surface area (Å²) in [5.41, 5.74) is 0. The summed E-state index contributed by atoms with van der Waals surface area (Å²) in [7, 11) is 0. The predicted molar refractivity (Wildman–Crippen MR) is 40.7 cm³/mol. The van der Waals surface area contributed by atoms with Crippen molar-refractivity contribution in [2.75, 3.05) is 0 Å². The van der Waals surface area contributed by atoms with E-state index in [1.54, 1.807) is 0 Å². The summed E-state index contributed by atoms with van der Waals surface area (Å²) in [4.78, 5) is 0. The largest absolute Gasteiger partial charge is 0.393 e. The fourth-order valence-electron chi connectivity index (χ4n) is 2.33. The van der Waals surface area contributed by atoms with Gasteiger partial charge in [-0.2, -0.15) is 0 Å². The molecule has 0 aromatic heterocycles. The van der Waals surface area contributed by atoms with E-state index in [4.69, 9.17) is 0 Å². The van der Waals surface area contributed by atoms with E-state index in [-0.39, 0.29) is 6.10 Å².